The van der Waals surface area contributed by atoms with E-state index in [4.69, 9.17) is 0 Å². The molecule has 1 aromatic rings. The van der Waals surface area contributed by atoms with Crippen LogP contribution in [-0.4, -0.2) is 41.1 Å². The van der Waals surface area contributed by atoms with Gasteiger partial charge in [-0.1, -0.05) is 6.92 Å². The largest absolute Gasteiger partial charge is 0.337 e. The van der Waals surface area contributed by atoms with Gasteiger partial charge in [0.2, 0.25) is 0 Å². The first kappa shape index (κ1) is 14.2. The summed E-state index contributed by atoms with van der Waals surface area (Å²) < 4.78 is 2.08. The molecule has 0 spiro atoms. The highest BCUT2D eigenvalue weighted by Crippen LogP contribution is 2.04. The van der Waals surface area contributed by atoms with Crippen LogP contribution in [0.25, 0.3) is 0 Å². The van der Waals surface area contributed by atoms with Gasteiger partial charge in [0.25, 0.3) is 0 Å². The molecule has 4 heteroatoms. The summed E-state index contributed by atoms with van der Waals surface area (Å²) in [6.07, 6.45) is 7.55. The minimum absolute atomic E-state index is 0.663. The Balaban J connectivity index is 2.21. The molecule has 0 saturated heterocycles. The number of imidazole rings is 1. The maximum absolute atomic E-state index is 4.34. The van der Waals surface area contributed by atoms with E-state index in [1.54, 1.807) is 0 Å². The second-order valence-electron chi connectivity index (χ2n) is 4.73. The third-order valence-corrected chi connectivity index (χ3v) is 3.33. The van der Waals surface area contributed by atoms with Crippen molar-refractivity contribution in [2.75, 3.05) is 20.6 Å². The minimum Gasteiger partial charge on any atom is -0.337 e. The molecule has 1 unspecified atom stereocenters. The summed E-state index contributed by atoms with van der Waals surface area (Å²) in [6.45, 7) is 4.30. The van der Waals surface area contributed by atoms with Gasteiger partial charge in [-0.3, -0.25) is 4.90 Å². The molecule has 1 heterocycles. The Bertz CT molecular complexity index is 304. The first-order valence-corrected chi connectivity index (χ1v) is 6.49. The van der Waals surface area contributed by atoms with Crippen LogP contribution in [0.4, 0.5) is 0 Å². The monoisotopic (exact) mass is 238 g/mol. The van der Waals surface area contributed by atoms with Crippen LogP contribution in [-0.2, 0) is 13.6 Å². The van der Waals surface area contributed by atoms with Gasteiger partial charge in [-0.25, -0.2) is 4.98 Å². The summed E-state index contributed by atoms with van der Waals surface area (Å²) in [5, 5.41) is 3.35. The molecule has 1 atom stereocenters. The van der Waals surface area contributed by atoms with E-state index in [2.05, 4.69) is 33.7 Å². The van der Waals surface area contributed by atoms with E-state index in [9.17, 15) is 0 Å². The van der Waals surface area contributed by atoms with Crippen molar-refractivity contribution in [2.45, 2.75) is 38.8 Å². The summed E-state index contributed by atoms with van der Waals surface area (Å²) in [4.78, 5) is 6.68. The van der Waals surface area contributed by atoms with E-state index in [1.165, 1.54) is 19.3 Å². The number of rotatable bonds is 8. The predicted molar refractivity (Wildman–Crippen MR) is 71.9 cm³/mol. The predicted octanol–water partition coefficient (Wildman–Crippen LogP) is 1.63. The van der Waals surface area contributed by atoms with E-state index >= 15 is 0 Å². The molecule has 0 bridgehead atoms. The molecule has 0 fully saturated rings. The molecule has 0 aromatic carbocycles. The second kappa shape index (κ2) is 7.45. The van der Waals surface area contributed by atoms with Crippen LogP contribution in [0.15, 0.2) is 12.4 Å². The zero-order valence-electron chi connectivity index (χ0n) is 11.6. The number of hydrogen-bond acceptors (Lipinski definition) is 3. The Kier molecular flexibility index (Phi) is 6.22. The summed E-state index contributed by atoms with van der Waals surface area (Å²) in [6, 6.07) is 0.663. The number of nitrogens with one attached hydrogen (secondary N) is 1. The Hall–Kier alpha value is -0.870. The van der Waals surface area contributed by atoms with Gasteiger partial charge in [-0.2, -0.15) is 0 Å². The van der Waals surface area contributed by atoms with Crippen molar-refractivity contribution in [3.05, 3.63) is 18.2 Å². The number of hydrogen-bond donors (Lipinski definition) is 1. The lowest BCUT2D eigenvalue weighted by atomic mass is 10.1. The molecule has 0 aliphatic carbocycles. The van der Waals surface area contributed by atoms with Crippen LogP contribution < -0.4 is 5.32 Å². The molecule has 0 saturated carbocycles. The maximum Gasteiger partial charge on any atom is 0.122 e. The number of aryl methyl sites for hydroxylation is 1. The molecule has 4 nitrogen and oxygen atoms in total. The van der Waals surface area contributed by atoms with Crippen molar-refractivity contribution >= 4 is 0 Å². The van der Waals surface area contributed by atoms with E-state index in [1.807, 2.05) is 26.5 Å². The average Bonchev–Trinajstić information content (AvgIpc) is 2.71. The van der Waals surface area contributed by atoms with Crippen LogP contribution >= 0.6 is 0 Å². The molecular formula is C13H26N4. The van der Waals surface area contributed by atoms with Gasteiger partial charge in [0, 0.05) is 25.5 Å². The zero-order chi connectivity index (χ0) is 12.7. The average molecular weight is 238 g/mol. The molecule has 17 heavy (non-hydrogen) atoms. The van der Waals surface area contributed by atoms with Gasteiger partial charge in [0.1, 0.15) is 5.82 Å². The molecule has 0 radical (unpaired) electrons. The van der Waals surface area contributed by atoms with Crippen molar-refractivity contribution in [1.29, 1.82) is 0 Å². The van der Waals surface area contributed by atoms with E-state index in [0.29, 0.717) is 6.04 Å². The van der Waals surface area contributed by atoms with Crippen LogP contribution in [0.2, 0.25) is 0 Å². The lowest BCUT2D eigenvalue weighted by Gasteiger charge is -2.18. The Morgan fingerprint density at radius 2 is 2.29 bits per heavy atom. The number of aromatic nitrogens is 2. The van der Waals surface area contributed by atoms with Crippen molar-refractivity contribution < 1.29 is 0 Å². The summed E-state index contributed by atoms with van der Waals surface area (Å²) in [5.74, 6) is 1.13. The van der Waals surface area contributed by atoms with Crippen molar-refractivity contribution in [3.63, 3.8) is 0 Å². The first-order chi connectivity index (χ1) is 8.17. The van der Waals surface area contributed by atoms with Gasteiger partial charge in [0.15, 0.2) is 0 Å². The molecular weight excluding hydrogens is 212 g/mol. The topological polar surface area (TPSA) is 33.1 Å². The van der Waals surface area contributed by atoms with Crippen molar-refractivity contribution in [3.8, 4) is 0 Å². The fraction of sp³-hybridized carbons (Fsp3) is 0.769. The fourth-order valence-corrected chi connectivity index (χ4v) is 2.03. The third kappa shape index (κ3) is 4.88. The molecule has 0 aliphatic rings. The van der Waals surface area contributed by atoms with E-state index < -0.39 is 0 Å². The van der Waals surface area contributed by atoms with Gasteiger partial charge in [-0.15, -0.1) is 0 Å². The lowest BCUT2D eigenvalue weighted by molar-refractivity contribution is 0.299. The van der Waals surface area contributed by atoms with Crippen LogP contribution in [0, 0.1) is 0 Å². The highest BCUT2D eigenvalue weighted by atomic mass is 15.1. The first-order valence-electron chi connectivity index (χ1n) is 6.49. The Morgan fingerprint density at radius 3 is 2.82 bits per heavy atom. The molecule has 0 amide bonds. The van der Waals surface area contributed by atoms with Gasteiger partial charge in [0.05, 0.1) is 6.54 Å². The van der Waals surface area contributed by atoms with E-state index in [0.717, 1.165) is 18.9 Å². The van der Waals surface area contributed by atoms with Crippen LogP contribution in [0.5, 0.6) is 0 Å². The smallest absolute Gasteiger partial charge is 0.122 e. The standard InChI is InChI=1S/C13H26N4/c1-5-12(14-2)7-6-9-16(3)11-13-15-8-10-17(13)4/h8,10,12,14H,5-7,9,11H2,1-4H3. The highest BCUT2D eigenvalue weighted by Gasteiger charge is 2.06. The lowest BCUT2D eigenvalue weighted by Crippen LogP contribution is -2.27. The van der Waals surface area contributed by atoms with Gasteiger partial charge in [-0.05, 0) is 39.9 Å². The molecule has 1 rings (SSSR count). The summed E-state index contributed by atoms with van der Waals surface area (Å²) >= 11 is 0. The summed E-state index contributed by atoms with van der Waals surface area (Å²) in [5.41, 5.74) is 0. The number of nitrogens with zero attached hydrogens (tertiary/aromatic N) is 3. The molecule has 0 aliphatic heterocycles. The van der Waals surface area contributed by atoms with Crippen LogP contribution in [0.3, 0.4) is 0 Å². The van der Waals surface area contributed by atoms with Crippen molar-refractivity contribution in [2.24, 2.45) is 7.05 Å². The molecule has 98 valence electrons. The normalized spacial score (nSPS) is 13.2. The third-order valence-electron chi connectivity index (χ3n) is 3.33. The SMILES string of the molecule is CCC(CCCN(C)Cc1nccn1C)NC. The second-order valence-corrected chi connectivity index (χ2v) is 4.73. The van der Waals surface area contributed by atoms with Crippen molar-refractivity contribution in [1.82, 2.24) is 19.8 Å². The quantitative estimate of drug-likeness (QED) is 0.747. The minimum atomic E-state index is 0.663. The molecule has 1 aromatic heterocycles. The summed E-state index contributed by atoms with van der Waals surface area (Å²) in [7, 11) is 6.26. The highest BCUT2D eigenvalue weighted by molar-refractivity contribution is 4.90. The molecule has 1 N–H and O–H groups in total. The maximum atomic E-state index is 4.34. The van der Waals surface area contributed by atoms with E-state index in [-0.39, 0.29) is 0 Å². The van der Waals surface area contributed by atoms with Crippen LogP contribution in [0.1, 0.15) is 32.0 Å². The zero-order valence-corrected chi connectivity index (χ0v) is 11.6. The van der Waals surface area contributed by atoms with Gasteiger partial charge < -0.3 is 9.88 Å². The fourth-order valence-electron chi connectivity index (χ4n) is 2.03. The Morgan fingerprint density at radius 1 is 1.53 bits per heavy atom. The van der Waals surface area contributed by atoms with Gasteiger partial charge >= 0.3 is 0 Å². The Labute approximate surface area is 105 Å².